The van der Waals surface area contributed by atoms with Gasteiger partial charge in [0.05, 0.1) is 44.1 Å². The topological polar surface area (TPSA) is 19.7 Å². The van der Waals surface area contributed by atoms with Crippen LogP contribution in [0.15, 0.2) is 437 Å². The summed E-state index contributed by atoms with van der Waals surface area (Å²) in [4.78, 5) is 0. The van der Waals surface area contributed by atoms with Crippen molar-refractivity contribution in [2.24, 2.45) is 0 Å². The first-order valence-corrected chi connectivity index (χ1v) is 40.8. The molecule has 4 nitrogen and oxygen atoms in total. The van der Waals surface area contributed by atoms with E-state index in [-0.39, 0.29) is 0 Å². The van der Waals surface area contributed by atoms with Gasteiger partial charge in [0, 0.05) is 65.8 Å². The molecular formula is C114H72N4. The van der Waals surface area contributed by atoms with E-state index in [1.54, 1.807) is 0 Å². The summed E-state index contributed by atoms with van der Waals surface area (Å²) in [5, 5.41) is 25.5. The van der Waals surface area contributed by atoms with Gasteiger partial charge >= 0.3 is 0 Å². The van der Waals surface area contributed by atoms with Crippen LogP contribution in [0.2, 0.25) is 0 Å². The smallest absolute Gasteiger partial charge is 0.0541 e. The highest BCUT2D eigenvalue weighted by Crippen LogP contribution is 2.45. The molecule has 21 aromatic carbocycles. The zero-order valence-corrected chi connectivity index (χ0v) is 64.4. The Morgan fingerprint density at radius 3 is 0.602 bits per heavy atom. The number of rotatable bonds is 9. The van der Waals surface area contributed by atoms with Crippen LogP contribution in [0.1, 0.15) is 0 Å². The number of hydrogen-bond donors (Lipinski definition) is 0. The van der Waals surface area contributed by atoms with E-state index in [9.17, 15) is 0 Å². The number of benzene rings is 21. The summed E-state index contributed by atoms with van der Waals surface area (Å²) >= 11 is 0. The van der Waals surface area contributed by atoms with Crippen molar-refractivity contribution in [1.82, 2.24) is 18.3 Å². The molecule has 25 aromatic rings. The Balaban J connectivity index is 0.000000135. The minimum atomic E-state index is 1.15. The number of hydrogen-bond acceptors (Lipinski definition) is 0. The van der Waals surface area contributed by atoms with Gasteiger partial charge in [-0.05, 0) is 248 Å². The van der Waals surface area contributed by atoms with Crippen molar-refractivity contribution in [1.29, 1.82) is 0 Å². The minimum absolute atomic E-state index is 1.15. The Labute approximate surface area is 680 Å². The van der Waals surface area contributed by atoms with Crippen LogP contribution in [0.25, 0.3) is 230 Å². The van der Waals surface area contributed by atoms with Crippen molar-refractivity contribution < 1.29 is 0 Å². The second-order valence-corrected chi connectivity index (χ2v) is 31.4. The lowest BCUT2D eigenvalue weighted by molar-refractivity contribution is 1.18. The van der Waals surface area contributed by atoms with Crippen molar-refractivity contribution >= 4 is 152 Å². The molecule has 118 heavy (non-hydrogen) atoms. The van der Waals surface area contributed by atoms with Gasteiger partial charge in [-0.25, -0.2) is 0 Å². The highest BCUT2D eigenvalue weighted by molar-refractivity contribution is 6.28. The summed E-state index contributed by atoms with van der Waals surface area (Å²) < 4.78 is 9.70. The molecule has 4 heterocycles. The summed E-state index contributed by atoms with van der Waals surface area (Å²) in [5.41, 5.74) is 26.4. The molecule has 4 aromatic heterocycles. The number of para-hydroxylation sites is 4. The first-order chi connectivity index (χ1) is 58.5. The molecule has 0 aliphatic carbocycles. The van der Waals surface area contributed by atoms with E-state index < -0.39 is 0 Å². The second kappa shape index (κ2) is 27.0. The second-order valence-electron chi connectivity index (χ2n) is 31.4. The third kappa shape index (κ3) is 10.7. The van der Waals surface area contributed by atoms with Crippen molar-refractivity contribution in [3.63, 3.8) is 0 Å². The fourth-order valence-electron chi connectivity index (χ4n) is 19.6. The molecule has 0 saturated heterocycles. The lowest BCUT2D eigenvalue weighted by Gasteiger charge is -2.14. The Bertz CT molecular complexity index is 8370. The van der Waals surface area contributed by atoms with Crippen LogP contribution in [-0.4, -0.2) is 18.3 Å². The zero-order chi connectivity index (χ0) is 77.5. The molecule has 25 rings (SSSR count). The molecule has 0 N–H and O–H groups in total. The van der Waals surface area contributed by atoms with Gasteiger partial charge in [0.15, 0.2) is 0 Å². The molecule has 0 amide bonds. The van der Waals surface area contributed by atoms with Crippen molar-refractivity contribution in [2.75, 3.05) is 0 Å². The van der Waals surface area contributed by atoms with Gasteiger partial charge in [0.1, 0.15) is 0 Å². The van der Waals surface area contributed by atoms with E-state index in [1.165, 1.54) is 213 Å². The highest BCUT2D eigenvalue weighted by Gasteiger charge is 2.22. The van der Waals surface area contributed by atoms with Crippen LogP contribution in [0.3, 0.4) is 0 Å². The number of aromatic nitrogens is 4. The molecule has 0 fully saturated rings. The molecule has 0 saturated carbocycles. The Kier molecular flexibility index (Phi) is 15.3. The summed E-state index contributed by atoms with van der Waals surface area (Å²) in [6.07, 6.45) is 0. The van der Waals surface area contributed by atoms with Gasteiger partial charge in [0.25, 0.3) is 0 Å². The summed E-state index contributed by atoms with van der Waals surface area (Å²) in [6.45, 7) is 0. The Morgan fingerprint density at radius 1 is 0.0932 bits per heavy atom. The number of fused-ring (bicyclic) bond motifs is 24. The quantitative estimate of drug-likeness (QED) is 0.128. The molecule has 0 aliphatic heterocycles. The molecule has 548 valence electrons. The summed E-state index contributed by atoms with van der Waals surface area (Å²) in [5.74, 6) is 0. The molecule has 0 unspecified atom stereocenters. The first-order valence-electron chi connectivity index (χ1n) is 40.8. The summed E-state index contributed by atoms with van der Waals surface area (Å²) in [7, 11) is 0. The fourth-order valence-corrected chi connectivity index (χ4v) is 19.6. The maximum atomic E-state index is 2.44. The largest absolute Gasteiger partial charge is 0.309 e. The molecular weight excluding hydrogens is 1430 g/mol. The Hall–Kier alpha value is -15.6. The lowest BCUT2D eigenvalue weighted by atomic mass is 9.92. The van der Waals surface area contributed by atoms with E-state index in [1.807, 2.05) is 0 Å². The predicted molar refractivity (Wildman–Crippen MR) is 502 cm³/mol. The van der Waals surface area contributed by atoms with Crippen LogP contribution < -0.4 is 0 Å². The normalized spacial score (nSPS) is 11.9. The van der Waals surface area contributed by atoms with Gasteiger partial charge in [0.2, 0.25) is 0 Å². The average Bonchev–Trinajstić information content (AvgIpc) is 1.57. The van der Waals surface area contributed by atoms with E-state index in [0.717, 1.165) is 17.1 Å². The van der Waals surface area contributed by atoms with Crippen LogP contribution in [0.5, 0.6) is 0 Å². The van der Waals surface area contributed by atoms with Gasteiger partial charge < -0.3 is 18.3 Å². The van der Waals surface area contributed by atoms with Crippen molar-refractivity contribution in [2.45, 2.75) is 0 Å². The molecule has 0 bridgehead atoms. The maximum absolute atomic E-state index is 2.44. The average molecular weight is 1500 g/mol. The van der Waals surface area contributed by atoms with E-state index >= 15 is 0 Å². The van der Waals surface area contributed by atoms with Crippen LogP contribution >= 0.6 is 0 Å². The van der Waals surface area contributed by atoms with Gasteiger partial charge in [-0.2, -0.15) is 0 Å². The first kappa shape index (κ1) is 66.9. The predicted octanol–water partition coefficient (Wildman–Crippen LogP) is 31.0. The van der Waals surface area contributed by atoms with Gasteiger partial charge in [-0.15, -0.1) is 0 Å². The van der Waals surface area contributed by atoms with Crippen LogP contribution in [0.4, 0.5) is 0 Å². The maximum Gasteiger partial charge on any atom is 0.0541 e. The monoisotopic (exact) mass is 1500 g/mol. The molecule has 4 heteroatoms. The molecule has 0 radical (unpaired) electrons. The highest BCUT2D eigenvalue weighted by atomic mass is 15.0. The van der Waals surface area contributed by atoms with E-state index in [2.05, 4.69) is 455 Å². The van der Waals surface area contributed by atoms with Crippen LogP contribution in [-0.2, 0) is 0 Å². The lowest BCUT2D eigenvalue weighted by Crippen LogP contribution is -1.94. The zero-order valence-electron chi connectivity index (χ0n) is 64.4. The van der Waals surface area contributed by atoms with Crippen molar-refractivity contribution in [3.8, 4) is 78.4 Å². The standard InChI is InChI=1S/C60H38N2.C54H34N2/c1-2-14-39(15-3-1)40-16-12-18-45(34-40)61-57-26-10-8-24-52(57)55-37-43(29-32-59(55)61)44-30-33-60-56(38-44)53-25-9-11-27-58(53)62(60)46-19-13-17-41(35-46)42-28-31-51-49-22-5-4-20-47(49)48-21-6-7-23-50(48)54(51)36-42;1-2-13-35(14-3-1)36-15-12-16-39(31-36)55-51-23-10-8-21-46(51)49-32-37(25-29-53(49)55)38-26-30-54-50(33-38)47-22-9-11-24-52(47)56(54)40-27-28-45-43-19-5-4-17-41(43)42-18-6-7-20-44(42)48(45)34-40/h1-38H;1-34H. The van der Waals surface area contributed by atoms with Crippen molar-refractivity contribution in [3.05, 3.63) is 437 Å². The van der Waals surface area contributed by atoms with Gasteiger partial charge in [-0.1, -0.05) is 309 Å². The van der Waals surface area contributed by atoms with E-state index in [4.69, 9.17) is 0 Å². The fraction of sp³-hybridized carbons (Fsp3) is 0. The third-order valence-corrected chi connectivity index (χ3v) is 24.9. The SMILES string of the molecule is c1ccc(-c2cccc(-n3c4ccccc4c4cc(-c5ccc6c(c5)c5ccccc5n6-c5ccc6c7ccccc7c7ccccc7c6c5)ccc43)c2)cc1.c1ccc(-c2cccc(-n3c4ccccc4c4cc(-c5ccc6c(c5)c5ccccc5n6-c5cccc(-c6ccc7c8ccccc8c8ccccc8c7c6)c5)ccc43)c2)cc1. The Morgan fingerprint density at radius 2 is 0.288 bits per heavy atom. The third-order valence-electron chi connectivity index (χ3n) is 24.9. The number of nitrogens with zero attached hydrogens (tertiary/aromatic N) is 4. The van der Waals surface area contributed by atoms with Gasteiger partial charge in [-0.3, -0.25) is 0 Å². The van der Waals surface area contributed by atoms with E-state index in [0.29, 0.717) is 0 Å². The summed E-state index contributed by atoms with van der Waals surface area (Å²) in [6, 6.07) is 160. The molecule has 0 aliphatic rings. The minimum Gasteiger partial charge on any atom is -0.309 e. The molecule has 0 atom stereocenters. The van der Waals surface area contributed by atoms with Crippen LogP contribution in [0, 0.1) is 0 Å². The molecule has 0 spiro atoms.